The van der Waals surface area contributed by atoms with E-state index in [0.29, 0.717) is 5.75 Å². The first-order valence-corrected chi connectivity index (χ1v) is 6.82. The quantitative estimate of drug-likeness (QED) is 0.827. The first-order valence-electron chi connectivity index (χ1n) is 6.82. The van der Waals surface area contributed by atoms with Crippen LogP contribution in [-0.2, 0) is 9.53 Å². The Bertz CT molecular complexity index is 644. The van der Waals surface area contributed by atoms with E-state index >= 15 is 0 Å². The van der Waals surface area contributed by atoms with Crippen molar-refractivity contribution in [3.8, 4) is 11.6 Å². The van der Waals surface area contributed by atoms with Gasteiger partial charge in [-0.1, -0.05) is 18.2 Å². The first-order chi connectivity index (χ1) is 10.7. The van der Waals surface area contributed by atoms with Gasteiger partial charge >= 0.3 is 5.97 Å². The van der Waals surface area contributed by atoms with Crippen LogP contribution in [0.25, 0.3) is 0 Å². The van der Waals surface area contributed by atoms with E-state index in [0.717, 1.165) is 0 Å². The number of ether oxygens (including phenoxy) is 2. The number of amides is 1. The lowest BCUT2D eigenvalue weighted by Gasteiger charge is -2.10. The van der Waals surface area contributed by atoms with E-state index in [2.05, 4.69) is 10.3 Å². The molecular weight excluding hydrogens is 284 g/mol. The Balaban J connectivity index is 2.07. The van der Waals surface area contributed by atoms with Crippen LogP contribution >= 0.6 is 0 Å². The number of pyridine rings is 1. The van der Waals surface area contributed by atoms with Gasteiger partial charge in [-0.2, -0.15) is 0 Å². The first kappa shape index (κ1) is 15.5. The monoisotopic (exact) mass is 300 g/mol. The van der Waals surface area contributed by atoms with Gasteiger partial charge in [-0.25, -0.2) is 4.98 Å². The van der Waals surface area contributed by atoms with Crippen LogP contribution in [-0.4, -0.2) is 30.0 Å². The summed E-state index contributed by atoms with van der Waals surface area (Å²) in [5.41, 5.74) is 0.246. The summed E-state index contributed by atoms with van der Waals surface area (Å²) in [4.78, 5) is 27.5. The van der Waals surface area contributed by atoms with E-state index in [1.807, 2.05) is 18.2 Å². The minimum Gasteiger partial charge on any atom is -0.465 e. The van der Waals surface area contributed by atoms with Gasteiger partial charge in [0, 0.05) is 6.20 Å². The predicted octanol–water partition coefficient (Wildman–Crippen LogP) is 2.17. The number of rotatable bonds is 6. The van der Waals surface area contributed by atoms with Gasteiger partial charge in [0.15, 0.2) is 0 Å². The van der Waals surface area contributed by atoms with Crippen LogP contribution < -0.4 is 10.1 Å². The third kappa shape index (κ3) is 4.31. The Morgan fingerprint density at radius 3 is 2.64 bits per heavy atom. The molecule has 0 saturated carbocycles. The maximum absolute atomic E-state index is 12.1. The molecule has 0 bridgehead atoms. The molecule has 2 rings (SSSR count). The Hall–Kier alpha value is -2.89. The molecule has 2 aromatic rings. The van der Waals surface area contributed by atoms with Crippen molar-refractivity contribution in [2.45, 2.75) is 6.92 Å². The van der Waals surface area contributed by atoms with Gasteiger partial charge in [0.2, 0.25) is 5.88 Å². The summed E-state index contributed by atoms with van der Waals surface area (Å²) in [6, 6.07) is 12.2. The number of nitrogens with zero attached hydrogens (tertiary/aromatic N) is 1. The standard InChI is InChI=1S/C16H16N2O4/c1-2-21-14(19)11-18-15(20)13-9-6-10-17-16(13)22-12-7-4-3-5-8-12/h3-10H,2,11H2,1H3,(H,18,20). The summed E-state index contributed by atoms with van der Waals surface area (Å²) in [5.74, 6) is -0.201. The lowest BCUT2D eigenvalue weighted by Crippen LogP contribution is -2.30. The third-order valence-corrected chi connectivity index (χ3v) is 2.67. The molecule has 1 heterocycles. The average molecular weight is 300 g/mol. The maximum atomic E-state index is 12.1. The molecule has 1 aromatic heterocycles. The fourth-order valence-corrected chi connectivity index (χ4v) is 1.70. The van der Waals surface area contributed by atoms with Crippen molar-refractivity contribution in [1.29, 1.82) is 0 Å². The predicted molar refractivity (Wildman–Crippen MR) is 79.7 cm³/mol. The van der Waals surface area contributed by atoms with Crippen LogP contribution in [0.3, 0.4) is 0 Å². The molecule has 0 unspecified atom stereocenters. The molecule has 0 aliphatic rings. The molecule has 6 nitrogen and oxygen atoms in total. The van der Waals surface area contributed by atoms with Gasteiger partial charge in [0.1, 0.15) is 17.9 Å². The highest BCUT2D eigenvalue weighted by Gasteiger charge is 2.15. The number of para-hydroxylation sites is 1. The number of benzene rings is 1. The smallest absolute Gasteiger partial charge is 0.325 e. The number of nitrogens with one attached hydrogen (secondary N) is 1. The minimum absolute atomic E-state index is 0.176. The molecular formula is C16H16N2O4. The van der Waals surface area contributed by atoms with Crippen LogP contribution in [0.1, 0.15) is 17.3 Å². The summed E-state index contributed by atoms with van der Waals surface area (Å²) in [6.45, 7) is 1.77. The second-order valence-electron chi connectivity index (χ2n) is 4.26. The van der Waals surface area contributed by atoms with Crippen molar-refractivity contribution in [2.24, 2.45) is 0 Å². The number of carbonyl (C=O) groups is 2. The molecule has 0 aliphatic carbocycles. The highest BCUT2D eigenvalue weighted by molar-refractivity contribution is 5.97. The second-order valence-corrected chi connectivity index (χ2v) is 4.26. The molecule has 0 spiro atoms. The fraction of sp³-hybridized carbons (Fsp3) is 0.188. The van der Waals surface area contributed by atoms with E-state index < -0.39 is 11.9 Å². The zero-order valence-electron chi connectivity index (χ0n) is 12.1. The van der Waals surface area contributed by atoms with Crippen LogP contribution in [0, 0.1) is 0 Å². The second kappa shape index (κ2) is 7.78. The largest absolute Gasteiger partial charge is 0.465 e. The maximum Gasteiger partial charge on any atom is 0.325 e. The average Bonchev–Trinajstić information content (AvgIpc) is 2.54. The van der Waals surface area contributed by atoms with Gasteiger partial charge in [-0.05, 0) is 31.2 Å². The normalized spacial score (nSPS) is 9.86. The van der Waals surface area contributed by atoms with Gasteiger partial charge < -0.3 is 14.8 Å². The van der Waals surface area contributed by atoms with Gasteiger partial charge in [-0.15, -0.1) is 0 Å². The molecule has 0 saturated heterocycles. The molecule has 1 N–H and O–H groups in total. The van der Waals surface area contributed by atoms with Crippen molar-refractivity contribution in [2.75, 3.05) is 13.2 Å². The van der Waals surface area contributed by atoms with Crippen molar-refractivity contribution in [3.63, 3.8) is 0 Å². The molecule has 1 aromatic carbocycles. The molecule has 0 fully saturated rings. The fourth-order valence-electron chi connectivity index (χ4n) is 1.70. The number of carbonyl (C=O) groups excluding carboxylic acids is 2. The molecule has 22 heavy (non-hydrogen) atoms. The summed E-state index contributed by atoms with van der Waals surface area (Å²) in [6.07, 6.45) is 1.53. The molecule has 114 valence electrons. The van der Waals surface area contributed by atoms with E-state index in [1.54, 1.807) is 31.2 Å². The van der Waals surface area contributed by atoms with E-state index in [-0.39, 0.29) is 24.6 Å². The number of hydrogen-bond donors (Lipinski definition) is 1. The molecule has 0 atom stereocenters. The minimum atomic E-state index is -0.495. The highest BCUT2D eigenvalue weighted by atomic mass is 16.5. The van der Waals surface area contributed by atoms with Crippen LogP contribution in [0.4, 0.5) is 0 Å². The molecule has 1 amide bonds. The lowest BCUT2D eigenvalue weighted by molar-refractivity contribution is -0.141. The van der Waals surface area contributed by atoms with Crippen LogP contribution in [0.5, 0.6) is 11.6 Å². The van der Waals surface area contributed by atoms with Crippen molar-refractivity contribution in [1.82, 2.24) is 10.3 Å². The van der Waals surface area contributed by atoms with E-state index in [9.17, 15) is 9.59 Å². The number of hydrogen-bond acceptors (Lipinski definition) is 5. The number of aromatic nitrogens is 1. The lowest BCUT2D eigenvalue weighted by atomic mass is 10.2. The Kier molecular flexibility index (Phi) is 5.48. The Morgan fingerprint density at radius 2 is 1.91 bits per heavy atom. The summed E-state index contributed by atoms with van der Waals surface area (Å²) >= 11 is 0. The molecule has 0 radical (unpaired) electrons. The zero-order valence-corrected chi connectivity index (χ0v) is 12.1. The summed E-state index contributed by atoms with van der Waals surface area (Å²) < 4.78 is 10.4. The van der Waals surface area contributed by atoms with Gasteiger partial charge in [0.25, 0.3) is 5.91 Å². The van der Waals surface area contributed by atoms with Crippen LogP contribution in [0.15, 0.2) is 48.7 Å². The van der Waals surface area contributed by atoms with Crippen molar-refractivity contribution in [3.05, 3.63) is 54.2 Å². The summed E-state index contributed by atoms with van der Waals surface area (Å²) in [5, 5.41) is 2.48. The van der Waals surface area contributed by atoms with Crippen molar-refractivity contribution >= 4 is 11.9 Å². The SMILES string of the molecule is CCOC(=O)CNC(=O)c1cccnc1Oc1ccccc1. The molecule has 0 aliphatic heterocycles. The summed E-state index contributed by atoms with van der Waals surface area (Å²) in [7, 11) is 0. The van der Waals surface area contributed by atoms with E-state index in [1.165, 1.54) is 6.20 Å². The van der Waals surface area contributed by atoms with E-state index in [4.69, 9.17) is 9.47 Å². The number of esters is 1. The highest BCUT2D eigenvalue weighted by Crippen LogP contribution is 2.22. The topological polar surface area (TPSA) is 77.5 Å². The van der Waals surface area contributed by atoms with Crippen molar-refractivity contribution < 1.29 is 19.1 Å². The molecule has 6 heteroatoms. The Morgan fingerprint density at radius 1 is 1.14 bits per heavy atom. The Labute approximate surface area is 128 Å². The van der Waals surface area contributed by atoms with Gasteiger partial charge in [-0.3, -0.25) is 9.59 Å². The van der Waals surface area contributed by atoms with Gasteiger partial charge in [0.05, 0.1) is 6.61 Å². The van der Waals surface area contributed by atoms with Crippen LogP contribution in [0.2, 0.25) is 0 Å². The third-order valence-electron chi connectivity index (χ3n) is 2.67. The zero-order chi connectivity index (χ0) is 15.8.